The number of nitrogens with one attached hydrogen (secondary N) is 1. The SMILES string of the molecule is O=C(Nc1cccc2ccccc12)N1CCCC12CCN(c1cnc3ccccc3n1)CC2. The second-order valence-electron chi connectivity index (χ2n) is 9.14. The lowest BCUT2D eigenvalue weighted by molar-refractivity contribution is 0.133. The lowest BCUT2D eigenvalue weighted by atomic mass is 9.85. The normalized spacial score (nSPS) is 17.7. The molecular formula is C27H27N5O. The molecule has 6 nitrogen and oxygen atoms in total. The maximum absolute atomic E-state index is 13.4. The minimum absolute atomic E-state index is 0.0165. The maximum Gasteiger partial charge on any atom is 0.322 e. The number of carbonyl (C=O) groups is 1. The highest BCUT2D eigenvalue weighted by atomic mass is 16.2. The van der Waals surface area contributed by atoms with E-state index in [1.54, 1.807) is 0 Å². The van der Waals surface area contributed by atoms with E-state index in [1.807, 2.05) is 54.7 Å². The predicted octanol–water partition coefficient (Wildman–Crippen LogP) is 5.45. The van der Waals surface area contributed by atoms with E-state index in [4.69, 9.17) is 4.98 Å². The molecule has 0 radical (unpaired) electrons. The molecule has 1 aromatic heterocycles. The number of amides is 2. The van der Waals surface area contributed by atoms with Gasteiger partial charge >= 0.3 is 6.03 Å². The zero-order valence-corrected chi connectivity index (χ0v) is 18.6. The molecule has 2 fully saturated rings. The van der Waals surface area contributed by atoms with Crippen molar-refractivity contribution in [2.75, 3.05) is 29.9 Å². The molecule has 166 valence electrons. The van der Waals surface area contributed by atoms with Crippen LogP contribution in [0.25, 0.3) is 21.8 Å². The second-order valence-corrected chi connectivity index (χ2v) is 9.14. The van der Waals surface area contributed by atoms with Gasteiger partial charge in [-0.15, -0.1) is 0 Å². The van der Waals surface area contributed by atoms with Crippen LogP contribution < -0.4 is 10.2 Å². The monoisotopic (exact) mass is 437 g/mol. The van der Waals surface area contributed by atoms with Crippen LogP contribution in [0.1, 0.15) is 25.7 Å². The molecule has 3 aromatic carbocycles. The highest BCUT2D eigenvalue weighted by molar-refractivity contribution is 6.01. The Kier molecular flexibility index (Phi) is 4.86. The van der Waals surface area contributed by atoms with E-state index < -0.39 is 0 Å². The Balaban J connectivity index is 1.19. The van der Waals surface area contributed by atoms with Crippen molar-refractivity contribution in [2.24, 2.45) is 0 Å². The molecular weight excluding hydrogens is 410 g/mol. The fourth-order valence-corrected chi connectivity index (χ4v) is 5.54. The molecule has 2 saturated heterocycles. The molecule has 0 aliphatic carbocycles. The third kappa shape index (κ3) is 3.55. The Morgan fingerprint density at radius 1 is 0.848 bits per heavy atom. The number of para-hydroxylation sites is 2. The predicted molar refractivity (Wildman–Crippen MR) is 133 cm³/mol. The number of likely N-dealkylation sites (tertiary alicyclic amines) is 1. The summed E-state index contributed by atoms with van der Waals surface area (Å²) in [4.78, 5) is 27.2. The smallest absolute Gasteiger partial charge is 0.322 e. The van der Waals surface area contributed by atoms with E-state index in [0.717, 1.165) is 78.6 Å². The third-order valence-electron chi connectivity index (χ3n) is 7.33. The van der Waals surface area contributed by atoms with Crippen molar-refractivity contribution < 1.29 is 4.79 Å². The van der Waals surface area contributed by atoms with E-state index in [9.17, 15) is 4.79 Å². The van der Waals surface area contributed by atoms with E-state index in [1.165, 1.54) is 0 Å². The number of nitrogens with zero attached hydrogens (tertiary/aromatic N) is 4. The van der Waals surface area contributed by atoms with Crippen molar-refractivity contribution in [2.45, 2.75) is 31.2 Å². The number of fused-ring (bicyclic) bond motifs is 2. The summed E-state index contributed by atoms with van der Waals surface area (Å²) in [7, 11) is 0. The quantitative estimate of drug-likeness (QED) is 0.453. The van der Waals surface area contributed by atoms with Crippen LogP contribution in [-0.4, -0.2) is 46.1 Å². The Bertz CT molecular complexity index is 1320. The number of aromatic nitrogens is 2. The number of piperidine rings is 1. The van der Waals surface area contributed by atoms with Gasteiger partial charge in [0, 0.05) is 30.6 Å². The van der Waals surface area contributed by atoms with Gasteiger partial charge < -0.3 is 15.1 Å². The minimum Gasteiger partial charge on any atom is -0.355 e. The van der Waals surface area contributed by atoms with E-state index in [2.05, 4.69) is 38.3 Å². The molecule has 0 atom stereocenters. The molecule has 6 heteroatoms. The van der Waals surface area contributed by atoms with Crippen molar-refractivity contribution in [3.8, 4) is 0 Å². The summed E-state index contributed by atoms with van der Waals surface area (Å²) in [5.74, 6) is 0.924. The van der Waals surface area contributed by atoms with Crippen molar-refractivity contribution in [3.05, 3.63) is 72.9 Å². The van der Waals surface area contributed by atoms with Crippen LogP contribution in [0.3, 0.4) is 0 Å². The number of hydrogen-bond donors (Lipinski definition) is 1. The van der Waals surface area contributed by atoms with E-state index >= 15 is 0 Å². The number of rotatable bonds is 2. The van der Waals surface area contributed by atoms with Gasteiger partial charge in [0.15, 0.2) is 0 Å². The maximum atomic E-state index is 13.4. The average molecular weight is 438 g/mol. The molecule has 2 aliphatic rings. The van der Waals surface area contributed by atoms with E-state index in [-0.39, 0.29) is 11.6 Å². The van der Waals surface area contributed by atoms with Gasteiger partial charge in [0.05, 0.1) is 22.9 Å². The van der Waals surface area contributed by atoms with Gasteiger partial charge in [0.1, 0.15) is 5.82 Å². The zero-order chi connectivity index (χ0) is 22.3. The van der Waals surface area contributed by atoms with Crippen LogP contribution in [0.5, 0.6) is 0 Å². The van der Waals surface area contributed by atoms with Crippen LogP contribution in [-0.2, 0) is 0 Å². The lowest BCUT2D eigenvalue weighted by Gasteiger charge is -2.45. The molecule has 4 aromatic rings. The second kappa shape index (κ2) is 8.03. The third-order valence-corrected chi connectivity index (χ3v) is 7.33. The van der Waals surface area contributed by atoms with Crippen LogP contribution in [0, 0.1) is 0 Å². The summed E-state index contributed by atoms with van der Waals surface area (Å²) in [5.41, 5.74) is 2.65. The molecule has 33 heavy (non-hydrogen) atoms. The Morgan fingerprint density at radius 2 is 1.61 bits per heavy atom. The highest BCUT2D eigenvalue weighted by Gasteiger charge is 2.45. The Hall–Kier alpha value is -3.67. The summed E-state index contributed by atoms with van der Waals surface area (Å²) < 4.78 is 0. The van der Waals surface area contributed by atoms with Crippen LogP contribution >= 0.6 is 0 Å². The van der Waals surface area contributed by atoms with Gasteiger partial charge in [-0.25, -0.2) is 9.78 Å². The summed E-state index contributed by atoms with van der Waals surface area (Å²) in [6, 6.07) is 22.2. The van der Waals surface area contributed by atoms with Crippen LogP contribution in [0.15, 0.2) is 72.9 Å². The van der Waals surface area contributed by atoms with Crippen molar-refractivity contribution in [1.82, 2.24) is 14.9 Å². The summed E-state index contributed by atoms with van der Waals surface area (Å²) in [5, 5.41) is 5.42. The number of urea groups is 1. The van der Waals surface area contributed by atoms with Gasteiger partial charge in [0.2, 0.25) is 0 Å². The van der Waals surface area contributed by atoms with Gasteiger partial charge in [-0.05, 0) is 49.3 Å². The molecule has 0 unspecified atom stereocenters. The fraction of sp³-hybridized carbons (Fsp3) is 0.296. The molecule has 0 saturated carbocycles. The summed E-state index contributed by atoms with van der Waals surface area (Å²) in [6.45, 7) is 2.57. The van der Waals surface area contributed by atoms with Crippen molar-refractivity contribution in [1.29, 1.82) is 0 Å². The zero-order valence-electron chi connectivity index (χ0n) is 18.6. The molecule has 2 amide bonds. The standard InChI is InChI=1S/C27H27N5O/c33-26(30-22-12-5-8-20-7-1-2-9-21(20)22)32-16-6-13-27(32)14-17-31(18-15-27)25-19-28-23-10-3-4-11-24(23)29-25/h1-5,7-12,19H,6,13-18H2,(H,30,33). The summed E-state index contributed by atoms with van der Waals surface area (Å²) in [6.07, 6.45) is 5.89. The number of anilines is 2. The van der Waals surface area contributed by atoms with Crippen molar-refractivity contribution >= 4 is 39.3 Å². The van der Waals surface area contributed by atoms with Crippen molar-refractivity contribution in [3.63, 3.8) is 0 Å². The number of hydrogen-bond acceptors (Lipinski definition) is 4. The lowest BCUT2D eigenvalue weighted by Crippen LogP contribution is -2.55. The van der Waals surface area contributed by atoms with Gasteiger partial charge in [0.25, 0.3) is 0 Å². The van der Waals surface area contributed by atoms with Gasteiger partial charge in [-0.3, -0.25) is 4.98 Å². The average Bonchev–Trinajstić information content (AvgIpc) is 3.27. The number of carbonyl (C=O) groups excluding carboxylic acids is 1. The molecule has 0 bridgehead atoms. The molecule has 6 rings (SSSR count). The molecule has 1 spiro atoms. The molecule has 2 aliphatic heterocycles. The van der Waals surface area contributed by atoms with Crippen LogP contribution in [0.4, 0.5) is 16.3 Å². The minimum atomic E-state index is -0.0740. The Labute approximate surface area is 193 Å². The van der Waals surface area contributed by atoms with E-state index in [0.29, 0.717) is 0 Å². The summed E-state index contributed by atoms with van der Waals surface area (Å²) >= 11 is 0. The first-order chi connectivity index (χ1) is 16.2. The Morgan fingerprint density at radius 3 is 2.48 bits per heavy atom. The molecule has 1 N–H and O–H groups in total. The topological polar surface area (TPSA) is 61.4 Å². The first kappa shape index (κ1) is 20.0. The fourth-order valence-electron chi connectivity index (χ4n) is 5.54. The van der Waals surface area contributed by atoms with Gasteiger partial charge in [-0.1, -0.05) is 48.5 Å². The first-order valence-electron chi connectivity index (χ1n) is 11.8. The van der Waals surface area contributed by atoms with Crippen LogP contribution in [0.2, 0.25) is 0 Å². The van der Waals surface area contributed by atoms with Gasteiger partial charge in [-0.2, -0.15) is 0 Å². The highest BCUT2D eigenvalue weighted by Crippen LogP contribution is 2.40. The number of benzene rings is 3. The largest absolute Gasteiger partial charge is 0.355 e. The molecule has 3 heterocycles. The first-order valence-corrected chi connectivity index (χ1v) is 11.8.